The molecule has 0 bridgehead atoms. The van der Waals surface area contributed by atoms with Crippen LogP contribution < -0.4 is 4.90 Å². The normalized spacial score (nSPS) is 16.9. The van der Waals surface area contributed by atoms with Gasteiger partial charge in [-0.3, -0.25) is 4.79 Å². The van der Waals surface area contributed by atoms with E-state index in [0.29, 0.717) is 50.0 Å². The number of aliphatic hydroxyl groups is 4. The highest BCUT2D eigenvalue weighted by Crippen LogP contribution is 2.46. The summed E-state index contributed by atoms with van der Waals surface area (Å²) in [6.07, 6.45) is 1.94. The van der Waals surface area contributed by atoms with E-state index in [2.05, 4.69) is 4.98 Å². The Bertz CT molecular complexity index is 1660. The molecule has 1 aliphatic heterocycles. The molecule has 48 heavy (non-hydrogen) atoms. The van der Waals surface area contributed by atoms with Crippen molar-refractivity contribution < 1.29 is 39.1 Å². The number of nitrogens with zero attached hydrogens (tertiary/aromatic N) is 2. The molecule has 2 heterocycles. The van der Waals surface area contributed by atoms with Crippen LogP contribution in [-0.4, -0.2) is 62.7 Å². The molecule has 3 atom stereocenters. The number of carbonyl (C=O) groups excluding carboxylic acids is 2. The molecule has 4 N–H and O–H groups in total. The summed E-state index contributed by atoms with van der Waals surface area (Å²) in [6.45, 7) is 0.980. The standard InChI is InChI=1S/C37H41FN2O7S/c1-2-47-36(45)31-21-48-33(39-31)18-7-24-5-14-29(15-6-24)40-34(27-8-3-25(4-9-27)19-20-37(46,22-41)23-42)30(35(40)44)16-17-32(43)26-10-12-28(38)13-11-26/h3-6,8-15,21,30,32,34,41-43,46H,2,7,16-20,22-23H2,1H3/t30-,32+,34-/m1/s1. The number of thiazole rings is 1. The Labute approximate surface area is 283 Å². The summed E-state index contributed by atoms with van der Waals surface area (Å²) in [7, 11) is 0. The van der Waals surface area contributed by atoms with Crippen molar-refractivity contribution >= 4 is 28.9 Å². The van der Waals surface area contributed by atoms with Crippen LogP contribution in [0.2, 0.25) is 0 Å². The minimum atomic E-state index is -1.55. The fourth-order valence-corrected chi connectivity index (χ4v) is 6.72. The summed E-state index contributed by atoms with van der Waals surface area (Å²) in [5.74, 6) is -1.23. The van der Waals surface area contributed by atoms with E-state index in [4.69, 9.17) is 4.74 Å². The quantitative estimate of drug-likeness (QED) is 0.0949. The lowest BCUT2D eigenvalue weighted by atomic mass is 9.78. The highest BCUT2D eigenvalue weighted by Gasteiger charge is 2.48. The van der Waals surface area contributed by atoms with Crippen LogP contribution in [0.1, 0.15) is 76.1 Å². The van der Waals surface area contributed by atoms with Gasteiger partial charge in [-0.2, -0.15) is 0 Å². The van der Waals surface area contributed by atoms with E-state index in [0.717, 1.165) is 27.4 Å². The van der Waals surface area contributed by atoms with Gasteiger partial charge in [0.25, 0.3) is 0 Å². The molecule has 1 aliphatic rings. The molecule has 11 heteroatoms. The number of halogens is 1. The fourth-order valence-electron chi connectivity index (χ4n) is 5.95. The molecule has 0 saturated carbocycles. The maximum Gasteiger partial charge on any atom is 0.357 e. The van der Waals surface area contributed by atoms with Gasteiger partial charge in [0.2, 0.25) is 5.91 Å². The number of hydrogen-bond acceptors (Lipinski definition) is 9. The third-order valence-corrected chi connectivity index (χ3v) is 9.80. The van der Waals surface area contributed by atoms with Gasteiger partial charge >= 0.3 is 5.97 Å². The Morgan fingerprint density at radius 2 is 1.62 bits per heavy atom. The lowest BCUT2D eigenvalue weighted by Crippen LogP contribution is -2.55. The third kappa shape index (κ3) is 8.34. The second kappa shape index (κ2) is 15.9. The predicted octanol–water partition coefficient (Wildman–Crippen LogP) is 5.11. The first-order valence-electron chi connectivity index (χ1n) is 16.1. The summed E-state index contributed by atoms with van der Waals surface area (Å²) in [4.78, 5) is 31.8. The molecule has 1 fully saturated rings. The summed E-state index contributed by atoms with van der Waals surface area (Å²) in [6, 6.07) is 21.0. The molecule has 0 aliphatic carbocycles. The molecular formula is C37H41FN2O7S. The van der Waals surface area contributed by atoms with Crippen molar-refractivity contribution in [2.45, 2.75) is 63.2 Å². The Kier molecular flexibility index (Phi) is 11.7. The zero-order valence-electron chi connectivity index (χ0n) is 26.8. The van der Waals surface area contributed by atoms with Gasteiger partial charge in [-0.25, -0.2) is 14.2 Å². The zero-order chi connectivity index (χ0) is 34.3. The molecule has 1 saturated heterocycles. The van der Waals surface area contributed by atoms with E-state index in [1.165, 1.54) is 23.5 Å². The molecular weight excluding hydrogens is 635 g/mol. The molecule has 0 unspecified atom stereocenters. The monoisotopic (exact) mass is 676 g/mol. The zero-order valence-corrected chi connectivity index (χ0v) is 27.6. The molecule has 3 aromatic carbocycles. The minimum absolute atomic E-state index is 0.0478. The third-order valence-electron chi connectivity index (χ3n) is 8.89. The largest absolute Gasteiger partial charge is 0.461 e. The van der Waals surface area contributed by atoms with Gasteiger partial charge in [-0.05, 0) is 85.5 Å². The average molecular weight is 677 g/mol. The fraction of sp³-hybridized carbons (Fsp3) is 0.378. The van der Waals surface area contributed by atoms with Gasteiger partial charge in [0, 0.05) is 17.5 Å². The molecule has 1 amide bonds. The number of carbonyl (C=O) groups is 2. The average Bonchev–Trinajstić information content (AvgIpc) is 3.59. The molecule has 9 nitrogen and oxygen atoms in total. The SMILES string of the molecule is CCOC(=O)c1csc(CCc2ccc(N3C(=O)[C@H](CC[C@H](O)c4ccc(F)cc4)[C@H]3c3ccc(CCC(O)(CO)CO)cc3)cc2)n1. The van der Waals surface area contributed by atoms with Crippen molar-refractivity contribution in [3.05, 3.63) is 117 Å². The molecule has 4 aromatic rings. The van der Waals surface area contributed by atoms with Crippen molar-refractivity contribution in [1.82, 2.24) is 4.98 Å². The molecule has 0 radical (unpaired) electrons. The lowest BCUT2D eigenvalue weighted by molar-refractivity contribution is -0.131. The van der Waals surface area contributed by atoms with Crippen molar-refractivity contribution in [2.75, 3.05) is 24.7 Å². The number of rotatable bonds is 16. The van der Waals surface area contributed by atoms with Gasteiger partial charge in [-0.15, -0.1) is 11.3 Å². The van der Waals surface area contributed by atoms with Crippen molar-refractivity contribution in [3.63, 3.8) is 0 Å². The molecule has 254 valence electrons. The summed E-state index contributed by atoms with van der Waals surface area (Å²) >= 11 is 1.42. The smallest absolute Gasteiger partial charge is 0.357 e. The predicted molar refractivity (Wildman–Crippen MR) is 180 cm³/mol. The number of benzene rings is 3. The topological polar surface area (TPSA) is 140 Å². The minimum Gasteiger partial charge on any atom is -0.461 e. The molecule has 1 aromatic heterocycles. The van der Waals surface area contributed by atoms with E-state index in [1.807, 2.05) is 48.5 Å². The van der Waals surface area contributed by atoms with Crippen LogP contribution in [0.3, 0.4) is 0 Å². The van der Waals surface area contributed by atoms with E-state index >= 15 is 0 Å². The molecule has 5 rings (SSSR count). The maximum absolute atomic E-state index is 13.7. The first-order valence-corrected chi connectivity index (χ1v) is 17.0. The van der Waals surface area contributed by atoms with E-state index < -0.39 is 30.9 Å². The first-order chi connectivity index (χ1) is 23.1. The van der Waals surface area contributed by atoms with Crippen LogP contribution in [0.15, 0.2) is 78.2 Å². The van der Waals surface area contributed by atoms with Crippen LogP contribution in [-0.2, 0) is 28.8 Å². The Morgan fingerprint density at radius 3 is 2.27 bits per heavy atom. The number of aromatic nitrogens is 1. The van der Waals surface area contributed by atoms with Crippen molar-refractivity contribution in [3.8, 4) is 0 Å². The molecule has 0 spiro atoms. The highest BCUT2D eigenvalue weighted by atomic mass is 32.1. The van der Waals surface area contributed by atoms with Crippen LogP contribution in [0.4, 0.5) is 10.1 Å². The van der Waals surface area contributed by atoms with Crippen LogP contribution in [0.5, 0.6) is 0 Å². The number of hydrogen-bond donors (Lipinski definition) is 4. The second-order valence-electron chi connectivity index (χ2n) is 12.2. The van der Waals surface area contributed by atoms with E-state index in [1.54, 1.807) is 29.3 Å². The Balaban J connectivity index is 1.29. The number of amides is 1. The van der Waals surface area contributed by atoms with Gasteiger partial charge in [0.05, 0.1) is 42.9 Å². The van der Waals surface area contributed by atoms with Gasteiger partial charge in [0.1, 0.15) is 11.4 Å². The number of anilines is 1. The summed E-state index contributed by atoms with van der Waals surface area (Å²) < 4.78 is 18.4. The van der Waals surface area contributed by atoms with Crippen molar-refractivity contribution in [2.24, 2.45) is 5.92 Å². The van der Waals surface area contributed by atoms with Gasteiger partial charge < -0.3 is 30.1 Å². The maximum atomic E-state index is 13.7. The van der Waals surface area contributed by atoms with E-state index in [9.17, 15) is 34.4 Å². The van der Waals surface area contributed by atoms with E-state index in [-0.39, 0.29) is 30.1 Å². The number of ether oxygens (including phenoxy) is 1. The number of aliphatic hydroxyl groups excluding tert-OH is 3. The number of β-lactam (4-membered cyclic amide) rings is 1. The summed E-state index contributed by atoms with van der Waals surface area (Å²) in [5, 5.41) is 42.4. The summed E-state index contributed by atoms with van der Waals surface area (Å²) in [5.41, 5.74) is 3.01. The van der Waals surface area contributed by atoms with Crippen LogP contribution in [0, 0.1) is 11.7 Å². The Hall–Kier alpha value is -4.00. The highest BCUT2D eigenvalue weighted by molar-refractivity contribution is 7.09. The van der Waals surface area contributed by atoms with Gasteiger partial charge in [-0.1, -0.05) is 48.5 Å². The Morgan fingerprint density at radius 1 is 0.979 bits per heavy atom. The number of aryl methyl sites for hydroxylation is 3. The second-order valence-corrected chi connectivity index (χ2v) is 13.1. The first kappa shape index (κ1) is 35.3. The van der Waals surface area contributed by atoms with Gasteiger partial charge in [0.15, 0.2) is 5.69 Å². The van der Waals surface area contributed by atoms with Crippen LogP contribution >= 0.6 is 11.3 Å². The lowest BCUT2D eigenvalue weighted by Gasteiger charge is -2.48. The van der Waals surface area contributed by atoms with Crippen LogP contribution in [0.25, 0.3) is 0 Å². The number of esters is 1. The van der Waals surface area contributed by atoms with Crippen molar-refractivity contribution in [1.29, 1.82) is 0 Å².